The quantitative estimate of drug-likeness (QED) is 0.843. The molecule has 2 heterocycles. The molecule has 2 N–H and O–H groups in total. The van der Waals surface area contributed by atoms with Crippen LogP contribution in [-0.2, 0) is 9.53 Å². The zero-order valence-electron chi connectivity index (χ0n) is 12.2. The average molecular weight is 285 g/mol. The third-order valence-electron chi connectivity index (χ3n) is 5.20. The van der Waals surface area contributed by atoms with Gasteiger partial charge in [-0.25, -0.2) is 0 Å². The molecule has 2 saturated heterocycles. The first-order chi connectivity index (χ1) is 9.11. The van der Waals surface area contributed by atoms with Gasteiger partial charge in [0.2, 0.25) is 0 Å². The van der Waals surface area contributed by atoms with Crippen LogP contribution in [0.25, 0.3) is 0 Å². The average Bonchev–Trinajstić information content (AvgIpc) is 2.89. The van der Waals surface area contributed by atoms with Crippen LogP contribution in [-0.4, -0.2) is 36.0 Å². The minimum absolute atomic E-state index is 0.00886. The van der Waals surface area contributed by atoms with Crippen LogP contribution in [0.1, 0.15) is 46.0 Å². The molecule has 2 rings (SSSR count). The fourth-order valence-corrected chi connectivity index (χ4v) is 4.91. The highest BCUT2D eigenvalue weighted by molar-refractivity contribution is 7.99. The summed E-state index contributed by atoms with van der Waals surface area (Å²) in [7, 11) is 0. The molecule has 4 heteroatoms. The molecule has 3 nitrogen and oxygen atoms in total. The minimum Gasteiger partial charge on any atom is -0.374 e. The number of nitrogens with two attached hydrogens (primary N) is 1. The number of Topliss-reactive ketones (excluding diaryl/α,β-unsaturated/α-hetero) is 1. The Kier molecular flexibility index (Phi) is 4.96. The van der Waals surface area contributed by atoms with Crippen molar-refractivity contribution in [3.63, 3.8) is 0 Å². The molecule has 0 aromatic carbocycles. The van der Waals surface area contributed by atoms with Crippen molar-refractivity contribution in [3.8, 4) is 0 Å². The first-order valence-corrected chi connectivity index (χ1v) is 8.73. The van der Waals surface area contributed by atoms with Gasteiger partial charge in [-0.05, 0) is 37.9 Å². The molecule has 1 spiro atoms. The van der Waals surface area contributed by atoms with Crippen LogP contribution in [0.15, 0.2) is 0 Å². The fraction of sp³-hybridized carbons (Fsp3) is 0.933. The van der Waals surface area contributed by atoms with Crippen molar-refractivity contribution in [2.45, 2.75) is 51.6 Å². The zero-order chi connectivity index (χ0) is 13.9. The van der Waals surface area contributed by atoms with E-state index in [0.29, 0.717) is 12.3 Å². The Bertz CT molecular complexity index is 314. The fourth-order valence-electron chi connectivity index (χ4n) is 3.54. The van der Waals surface area contributed by atoms with Gasteiger partial charge in [0.25, 0.3) is 0 Å². The van der Waals surface area contributed by atoms with E-state index in [2.05, 4.69) is 13.8 Å². The summed E-state index contributed by atoms with van der Waals surface area (Å²) >= 11 is 1.96. The Morgan fingerprint density at radius 2 is 2.21 bits per heavy atom. The van der Waals surface area contributed by atoms with E-state index in [1.165, 1.54) is 5.75 Å². The molecule has 19 heavy (non-hydrogen) atoms. The number of thioether (sulfide) groups is 1. The van der Waals surface area contributed by atoms with Crippen molar-refractivity contribution in [2.24, 2.45) is 17.1 Å². The predicted octanol–water partition coefficient (Wildman–Crippen LogP) is 2.62. The minimum atomic E-state index is -0.297. The van der Waals surface area contributed by atoms with E-state index in [1.807, 2.05) is 11.8 Å². The van der Waals surface area contributed by atoms with E-state index in [1.54, 1.807) is 0 Å². The molecule has 2 atom stereocenters. The van der Waals surface area contributed by atoms with E-state index in [9.17, 15) is 4.79 Å². The van der Waals surface area contributed by atoms with Crippen molar-refractivity contribution >= 4 is 17.5 Å². The summed E-state index contributed by atoms with van der Waals surface area (Å²) in [5, 5.41) is 0. The number of ether oxygens (including phenoxy) is 1. The van der Waals surface area contributed by atoms with Gasteiger partial charge >= 0.3 is 0 Å². The predicted molar refractivity (Wildman–Crippen MR) is 80.4 cm³/mol. The van der Waals surface area contributed by atoms with E-state index >= 15 is 0 Å². The Morgan fingerprint density at radius 1 is 1.47 bits per heavy atom. The van der Waals surface area contributed by atoms with Gasteiger partial charge in [-0.1, -0.05) is 13.8 Å². The number of rotatable bonds is 5. The summed E-state index contributed by atoms with van der Waals surface area (Å²) in [6, 6.07) is 0. The van der Waals surface area contributed by atoms with E-state index < -0.39 is 0 Å². The Morgan fingerprint density at radius 3 is 2.74 bits per heavy atom. The van der Waals surface area contributed by atoms with Crippen LogP contribution in [0.4, 0.5) is 0 Å². The van der Waals surface area contributed by atoms with Crippen LogP contribution in [0.3, 0.4) is 0 Å². The van der Waals surface area contributed by atoms with Gasteiger partial charge in [-0.2, -0.15) is 11.8 Å². The molecule has 0 saturated carbocycles. The maximum atomic E-state index is 12.9. The summed E-state index contributed by atoms with van der Waals surface area (Å²) < 4.78 is 6.02. The molecule has 0 bridgehead atoms. The second-order valence-corrected chi connectivity index (χ2v) is 7.18. The van der Waals surface area contributed by atoms with Gasteiger partial charge in [0.05, 0.1) is 5.60 Å². The third kappa shape index (κ3) is 2.86. The highest BCUT2D eigenvalue weighted by Gasteiger charge is 2.46. The normalized spacial score (nSPS) is 31.8. The first kappa shape index (κ1) is 15.3. The number of hydrogen-bond acceptors (Lipinski definition) is 4. The van der Waals surface area contributed by atoms with Crippen molar-refractivity contribution in [2.75, 3.05) is 24.7 Å². The largest absolute Gasteiger partial charge is 0.374 e. The van der Waals surface area contributed by atoms with Crippen molar-refractivity contribution in [3.05, 3.63) is 0 Å². The number of hydrogen-bond donors (Lipinski definition) is 1. The van der Waals surface area contributed by atoms with Crippen molar-refractivity contribution in [1.82, 2.24) is 0 Å². The summed E-state index contributed by atoms with van der Waals surface area (Å²) in [5.74, 6) is 2.80. The van der Waals surface area contributed by atoms with Crippen LogP contribution in [0.5, 0.6) is 0 Å². The van der Waals surface area contributed by atoms with Gasteiger partial charge in [0.1, 0.15) is 5.78 Å². The lowest BCUT2D eigenvalue weighted by Crippen LogP contribution is -2.48. The molecule has 0 aromatic rings. The monoisotopic (exact) mass is 285 g/mol. The molecule has 0 aromatic heterocycles. The second-order valence-electron chi connectivity index (χ2n) is 6.08. The summed E-state index contributed by atoms with van der Waals surface area (Å²) in [4.78, 5) is 12.9. The number of carbonyl (C=O) groups excluding carboxylic acids is 1. The lowest BCUT2D eigenvalue weighted by Gasteiger charge is -2.41. The maximum Gasteiger partial charge on any atom is 0.143 e. The standard InChI is InChI=1S/C15H27NO2S/c1-3-14(4-2,10-16)13(17)12-5-7-18-15(9-12)6-8-19-11-15/h12H,3-11,16H2,1-2H3. The smallest absolute Gasteiger partial charge is 0.143 e. The lowest BCUT2D eigenvalue weighted by atomic mass is 9.69. The molecule has 110 valence electrons. The van der Waals surface area contributed by atoms with Gasteiger partial charge in [-0.3, -0.25) is 4.79 Å². The van der Waals surface area contributed by atoms with E-state index in [4.69, 9.17) is 10.5 Å². The molecule has 0 amide bonds. The Hall–Kier alpha value is -0.0600. The molecular formula is C15H27NO2S. The number of ketones is 1. The molecule has 2 aliphatic rings. The van der Waals surface area contributed by atoms with Crippen LogP contribution in [0, 0.1) is 11.3 Å². The second kappa shape index (κ2) is 6.15. The topological polar surface area (TPSA) is 52.3 Å². The zero-order valence-corrected chi connectivity index (χ0v) is 13.1. The van der Waals surface area contributed by atoms with Crippen molar-refractivity contribution in [1.29, 1.82) is 0 Å². The van der Waals surface area contributed by atoms with Gasteiger partial charge in [0.15, 0.2) is 0 Å². The van der Waals surface area contributed by atoms with E-state index in [0.717, 1.165) is 44.5 Å². The van der Waals surface area contributed by atoms with Crippen LogP contribution < -0.4 is 5.73 Å². The van der Waals surface area contributed by atoms with Gasteiger partial charge in [0, 0.05) is 30.2 Å². The molecule has 2 unspecified atom stereocenters. The summed E-state index contributed by atoms with van der Waals surface area (Å²) in [6.45, 7) is 5.41. The SMILES string of the molecule is CCC(CC)(CN)C(=O)C1CCOC2(CCSC2)C1. The Labute approximate surface area is 121 Å². The third-order valence-corrected chi connectivity index (χ3v) is 6.42. The summed E-state index contributed by atoms with van der Waals surface area (Å²) in [5.41, 5.74) is 5.62. The highest BCUT2D eigenvalue weighted by Crippen LogP contribution is 2.43. The van der Waals surface area contributed by atoms with Crippen LogP contribution >= 0.6 is 11.8 Å². The van der Waals surface area contributed by atoms with Crippen LogP contribution in [0.2, 0.25) is 0 Å². The molecule has 2 aliphatic heterocycles. The molecular weight excluding hydrogens is 258 g/mol. The van der Waals surface area contributed by atoms with Crippen molar-refractivity contribution < 1.29 is 9.53 Å². The molecule has 0 aliphatic carbocycles. The molecule has 0 radical (unpaired) electrons. The van der Waals surface area contributed by atoms with E-state index in [-0.39, 0.29) is 16.9 Å². The highest BCUT2D eigenvalue weighted by atomic mass is 32.2. The summed E-state index contributed by atoms with van der Waals surface area (Å²) in [6.07, 6.45) is 4.62. The number of carbonyl (C=O) groups is 1. The molecule has 2 fully saturated rings. The lowest BCUT2D eigenvalue weighted by molar-refractivity contribution is -0.143. The van der Waals surface area contributed by atoms with Gasteiger partial charge < -0.3 is 10.5 Å². The Balaban J connectivity index is 2.10. The first-order valence-electron chi connectivity index (χ1n) is 7.57. The maximum absolute atomic E-state index is 12.9. The van der Waals surface area contributed by atoms with Gasteiger partial charge in [-0.15, -0.1) is 0 Å².